The van der Waals surface area contributed by atoms with Crippen LogP contribution in [0.4, 0.5) is 0 Å². The predicted molar refractivity (Wildman–Crippen MR) is 46.2 cm³/mol. The average molecular weight is 148 g/mol. The zero-order valence-electron chi connectivity index (χ0n) is 6.96. The maximum Gasteiger partial charge on any atom is 0.0836 e. The molecular weight excluding hydrogens is 136 g/mol. The van der Waals surface area contributed by atoms with Gasteiger partial charge in [-0.05, 0) is 19.4 Å². The van der Waals surface area contributed by atoms with Crippen molar-refractivity contribution in [2.24, 2.45) is 0 Å². The van der Waals surface area contributed by atoms with Crippen LogP contribution in [0.15, 0.2) is 12.8 Å². The molecule has 1 aromatic rings. The maximum absolute atomic E-state index is 4.33. The first-order chi connectivity index (χ1) is 5.27. The van der Waals surface area contributed by atoms with E-state index in [0.29, 0.717) is 0 Å². The largest absolute Gasteiger partial charge is 0.254 e. The van der Waals surface area contributed by atoms with Gasteiger partial charge in [-0.3, -0.25) is 9.97 Å². The highest BCUT2D eigenvalue weighted by Gasteiger charge is 1.97. The summed E-state index contributed by atoms with van der Waals surface area (Å²) in [6.45, 7) is 7.66. The predicted octanol–water partition coefficient (Wildman–Crippen LogP) is 1.99. The molecule has 0 aliphatic heterocycles. The fourth-order valence-corrected chi connectivity index (χ4v) is 0.910. The molecule has 0 aliphatic carbocycles. The third-order valence-electron chi connectivity index (χ3n) is 1.59. The van der Waals surface area contributed by atoms with Gasteiger partial charge in [0.1, 0.15) is 0 Å². The van der Waals surface area contributed by atoms with E-state index in [2.05, 4.69) is 23.5 Å². The third kappa shape index (κ3) is 1.64. The van der Waals surface area contributed by atoms with E-state index in [1.165, 1.54) is 0 Å². The molecule has 0 spiro atoms. The molecule has 11 heavy (non-hydrogen) atoms. The summed E-state index contributed by atoms with van der Waals surface area (Å²) in [6.07, 6.45) is 4.46. The summed E-state index contributed by atoms with van der Waals surface area (Å²) in [7, 11) is 0. The van der Waals surface area contributed by atoms with E-state index in [1.54, 1.807) is 12.3 Å². The van der Waals surface area contributed by atoms with Crippen LogP contribution in [0.2, 0.25) is 0 Å². The Morgan fingerprint density at radius 2 is 2.36 bits per heavy atom. The van der Waals surface area contributed by atoms with Gasteiger partial charge in [0.25, 0.3) is 0 Å². The number of aryl methyl sites for hydroxylation is 2. The molecule has 0 saturated carbocycles. The second-order valence-corrected chi connectivity index (χ2v) is 2.39. The summed E-state index contributed by atoms with van der Waals surface area (Å²) in [6, 6.07) is 0. The van der Waals surface area contributed by atoms with Gasteiger partial charge in [0.15, 0.2) is 0 Å². The number of hydrogen-bond donors (Lipinski definition) is 0. The van der Waals surface area contributed by atoms with Crippen molar-refractivity contribution in [1.82, 2.24) is 9.97 Å². The van der Waals surface area contributed by atoms with Crippen LogP contribution in [-0.2, 0) is 6.42 Å². The molecule has 1 rings (SSSR count). The van der Waals surface area contributed by atoms with Gasteiger partial charge in [0.2, 0.25) is 0 Å². The molecular formula is C9H12N2. The van der Waals surface area contributed by atoms with Crippen LogP contribution < -0.4 is 0 Å². The fraction of sp³-hybridized carbons (Fsp3) is 0.333. The van der Waals surface area contributed by atoms with Crippen LogP contribution >= 0.6 is 0 Å². The van der Waals surface area contributed by atoms with Crippen LogP contribution in [0.1, 0.15) is 24.0 Å². The molecule has 2 nitrogen and oxygen atoms in total. The minimum atomic E-state index is 0.877. The Balaban J connectivity index is 3.09. The molecule has 0 fully saturated rings. The van der Waals surface area contributed by atoms with Crippen LogP contribution in [0.3, 0.4) is 0 Å². The average Bonchev–Trinajstić information content (AvgIpc) is 2.04. The first kappa shape index (κ1) is 7.92. The zero-order chi connectivity index (χ0) is 8.27. The van der Waals surface area contributed by atoms with Gasteiger partial charge in [-0.1, -0.05) is 13.5 Å². The molecule has 0 aliphatic rings. The molecule has 0 N–H and O–H groups in total. The topological polar surface area (TPSA) is 25.8 Å². The first-order valence-electron chi connectivity index (χ1n) is 3.73. The highest BCUT2D eigenvalue weighted by Crippen LogP contribution is 2.03. The maximum atomic E-state index is 4.33. The zero-order valence-corrected chi connectivity index (χ0v) is 6.96. The molecule has 0 bridgehead atoms. The summed E-state index contributed by atoms with van der Waals surface area (Å²) in [5, 5.41) is 0. The molecule has 1 aromatic heterocycles. The summed E-state index contributed by atoms with van der Waals surface area (Å²) in [4.78, 5) is 8.52. The lowest BCUT2D eigenvalue weighted by molar-refractivity contribution is 0.961. The monoisotopic (exact) mass is 148 g/mol. The lowest BCUT2D eigenvalue weighted by Crippen LogP contribution is -1.95. The molecule has 0 saturated heterocycles. The van der Waals surface area contributed by atoms with Crippen molar-refractivity contribution in [2.75, 3.05) is 0 Å². The molecule has 0 radical (unpaired) electrons. The molecule has 58 valence electrons. The Morgan fingerprint density at radius 1 is 1.64 bits per heavy atom. The molecule has 0 amide bonds. The van der Waals surface area contributed by atoms with Crippen LogP contribution in [0.5, 0.6) is 0 Å². The van der Waals surface area contributed by atoms with E-state index in [-0.39, 0.29) is 0 Å². The first-order valence-corrected chi connectivity index (χ1v) is 3.73. The Labute approximate surface area is 67.0 Å². The normalized spacial score (nSPS) is 9.64. The van der Waals surface area contributed by atoms with E-state index in [4.69, 9.17) is 0 Å². The second-order valence-electron chi connectivity index (χ2n) is 2.39. The highest BCUT2D eigenvalue weighted by molar-refractivity contribution is 5.43. The van der Waals surface area contributed by atoms with E-state index in [9.17, 15) is 0 Å². The third-order valence-corrected chi connectivity index (χ3v) is 1.59. The van der Waals surface area contributed by atoms with Gasteiger partial charge >= 0.3 is 0 Å². The lowest BCUT2D eigenvalue weighted by Gasteiger charge is -1.99. The van der Waals surface area contributed by atoms with Gasteiger partial charge in [0.05, 0.1) is 17.1 Å². The van der Waals surface area contributed by atoms with Gasteiger partial charge in [-0.25, -0.2) is 0 Å². The van der Waals surface area contributed by atoms with Crippen molar-refractivity contribution in [3.63, 3.8) is 0 Å². The molecule has 2 heteroatoms. The Bertz CT molecular complexity index is 266. The second kappa shape index (κ2) is 3.28. The van der Waals surface area contributed by atoms with Gasteiger partial charge in [0, 0.05) is 6.20 Å². The van der Waals surface area contributed by atoms with E-state index in [0.717, 1.165) is 23.5 Å². The number of aromatic nitrogens is 2. The Kier molecular flexibility index (Phi) is 2.36. The van der Waals surface area contributed by atoms with Crippen molar-refractivity contribution in [3.8, 4) is 0 Å². The van der Waals surface area contributed by atoms with Crippen LogP contribution in [-0.4, -0.2) is 9.97 Å². The SMILES string of the molecule is C=Cc1ncc(CC)nc1C. The quantitative estimate of drug-likeness (QED) is 0.641. The van der Waals surface area contributed by atoms with E-state index < -0.39 is 0 Å². The lowest BCUT2D eigenvalue weighted by atomic mass is 10.3. The van der Waals surface area contributed by atoms with Crippen molar-refractivity contribution in [2.45, 2.75) is 20.3 Å². The van der Waals surface area contributed by atoms with E-state index in [1.807, 2.05) is 6.92 Å². The number of nitrogens with zero attached hydrogens (tertiary/aromatic N) is 2. The fourth-order valence-electron chi connectivity index (χ4n) is 0.910. The van der Waals surface area contributed by atoms with Gasteiger partial charge in [-0.15, -0.1) is 0 Å². The molecule has 1 heterocycles. The van der Waals surface area contributed by atoms with Crippen molar-refractivity contribution in [1.29, 1.82) is 0 Å². The smallest absolute Gasteiger partial charge is 0.0836 e. The molecule has 0 unspecified atom stereocenters. The van der Waals surface area contributed by atoms with E-state index >= 15 is 0 Å². The van der Waals surface area contributed by atoms with Crippen LogP contribution in [0.25, 0.3) is 6.08 Å². The summed E-state index contributed by atoms with van der Waals surface area (Å²) >= 11 is 0. The van der Waals surface area contributed by atoms with Crippen molar-refractivity contribution >= 4 is 6.08 Å². The summed E-state index contributed by atoms with van der Waals surface area (Å²) in [5.41, 5.74) is 2.87. The number of hydrogen-bond acceptors (Lipinski definition) is 2. The standard InChI is InChI=1S/C9H12N2/c1-4-8-6-10-9(5-2)7(3)11-8/h5-6H,2,4H2,1,3H3. The van der Waals surface area contributed by atoms with Crippen LogP contribution in [0, 0.1) is 6.92 Å². The highest BCUT2D eigenvalue weighted by atomic mass is 14.8. The summed E-state index contributed by atoms with van der Waals surface area (Å²) in [5.74, 6) is 0. The Hall–Kier alpha value is -1.18. The molecule has 0 atom stereocenters. The summed E-state index contributed by atoms with van der Waals surface area (Å²) < 4.78 is 0. The molecule has 0 aromatic carbocycles. The van der Waals surface area contributed by atoms with Crippen molar-refractivity contribution < 1.29 is 0 Å². The minimum Gasteiger partial charge on any atom is -0.254 e. The van der Waals surface area contributed by atoms with Gasteiger partial charge in [-0.2, -0.15) is 0 Å². The minimum absolute atomic E-state index is 0.877. The Morgan fingerprint density at radius 3 is 2.82 bits per heavy atom. The number of rotatable bonds is 2. The van der Waals surface area contributed by atoms with Gasteiger partial charge < -0.3 is 0 Å². The van der Waals surface area contributed by atoms with Crippen molar-refractivity contribution in [3.05, 3.63) is 29.9 Å².